The van der Waals surface area contributed by atoms with E-state index in [0.717, 1.165) is 5.56 Å². The van der Waals surface area contributed by atoms with Gasteiger partial charge in [-0.15, -0.1) is 0 Å². The van der Waals surface area contributed by atoms with Gasteiger partial charge in [0.2, 0.25) is 0 Å². The Balaban J connectivity index is 1.61. The monoisotopic (exact) mass is 469 g/mol. The topological polar surface area (TPSA) is 84.7 Å². The lowest BCUT2D eigenvalue weighted by Crippen LogP contribution is -2.32. The van der Waals surface area contributed by atoms with Crippen LogP contribution in [0.3, 0.4) is 0 Å². The molecule has 178 valence electrons. The van der Waals surface area contributed by atoms with Crippen LogP contribution in [-0.2, 0) is 16.1 Å². The molecule has 4 rings (SSSR count). The fraction of sp³-hybridized carbons (Fsp3) is 0.179. The van der Waals surface area contributed by atoms with E-state index in [-0.39, 0.29) is 5.57 Å². The second kappa shape index (κ2) is 11.2. The molecule has 0 saturated heterocycles. The van der Waals surface area contributed by atoms with E-state index in [0.29, 0.717) is 37.4 Å². The predicted octanol–water partition coefficient (Wildman–Crippen LogP) is 4.52. The first kappa shape index (κ1) is 23.8. The Hall–Kier alpha value is -4.39. The van der Waals surface area contributed by atoms with Gasteiger partial charge in [-0.05, 0) is 35.8 Å². The minimum Gasteiger partial charge on any atom is -0.503 e. The molecule has 1 aliphatic rings. The number of rotatable bonds is 11. The standard InChI is InChI=1S/C28H27N3O4/c1-2-19-35-23-12-10-22(11-13-23)26-25(24(32)14-9-21-7-4-3-5-8-21)27(33)28(34)31(26)17-6-16-30-18-15-29-20-30/h2-5,7-15,18,20,26,33H,1,6,16-17,19H2/b14-9+. The number of imidazole rings is 1. The van der Waals surface area contributed by atoms with Crippen LogP contribution < -0.4 is 4.74 Å². The van der Waals surface area contributed by atoms with Gasteiger partial charge in [0.1, 0.15) is 12.4 Å². The number of ketones is 1. The number of aliphatic hydroxyl groups is 1. The lowest BCUT2D eigenvalue weighted by atomic mass is 9.95. The number of benzene rings is 2. The molecule has 3 aromatic rings. The van der Waals surface area contributed by atoms with E-state index >= 15 is 0 Å². The second-order valence-electron chi connectivity index (χ2n) is 8.09. The summed E-state index contributed by atoms with van der Waals surface area (Å²) in [5.41, 5.74) is 1.64. The van der Waals surface area contributed by atoms with Crippen molar-refractivity contribution in [2.75, 3.05) is 13.2 Å². The molecule has 1 unspecified atom stereocenters. The number of ether oxygens (including phenoxy) is 1. The van der Waals surface area contributed by atoms with Crippen LogP contribution in [0.1, 0.15) is 23.6 Å². The van der Waals surface area contributed by atoms with Crippen molar-refractivity contribution in [3.05, 3.63) is 115 Å². The summed E-state index contributed by atoms with van der Waals surface area (Å²) < 4.78 is 7.48. The van der Waals surface area contributed by atoms with Crippen LogP contribution in [0.2, 0.25) is 0 Å². The fourth-order valence-corrected chi connectivity index (χ4v) is 4.05. The Kier molecular flexibility index (Phi) is 7.57. The third-order valence-corrected chi connectivity index (χ3v) is 5.73. The van der Waals surface area contributed by atoms with Crippen LogP contribution in [-0.4, -0.2) is 44.4 Å². The molecule has 0 fully saturated rings. The average Bonchev–Trinajstić information content (AvgIpc) is 3.49. The second-order valence-corrected chi connectivity index (χ2v) is 8.09. The number of aliphatic hydroxyl groups excluding tert-OH is 1. The van der Waals surface area contributed by atoms with E-state index < -0.39 is 23.5 Å². The summed E-state index contributed by atoms with van der Waals surface area (Å²) in [6, 6.07) is 15.9. The van der Waals surface area contributed by atoms with Crippen LogP contribution in [0.25, 0.3) is 6.08 Å². The predicted molar refractivity (Wildman–Crippen MR) is 134 cm³/mol. The summed E-state index contributed by atoms with van der Waals surface area (Å²) in [5.74, 6) is -0.820. The van der Waals surface area contributed by atoms with Gasteiger partial charge in [-0.2, -0.15) is 0 Å². The molecule has 0 bridgehead atoms. The highest BCUT2D eigenvalue weighted by Crippen LogP contribution is 2.38. The Labute approximate surface area is 204 Å². The highest BCUT2D eigenvalue weighted by molar-refractivity contribution is 6.14. The first-order valence-corrected chi connectivity index (χ1v) is 11.4. The molecule has 7 heteroatoms. The van der Waals surface area contributed by atoms with Gasteiger partial charge in [0.05, 0.1) is 17.9 Å². The molecular formula is C28H27N3O4. The Morgan fingerprint density at radius 1 is 1.11 bits per heavy atom. The van der Waals surface area contributed by atoms with Gasteiger partial charge >= 0.3 is 0 Å². The molecule has 1 atom stereocenters. The molecule has 1 amide bonds. The van der Waals surface area contributed by atoms with Crippen LogP contribution in [0.5, 0.6) is 5.75 Å². The maximum absolute atomic E-state index is 13.2. The maximum Gasteiger partial charge on any atom is 0.290 e. The molecule has 0 spiro atoms. The van der Waals surface area contributed by atoms with Gasteiger partial charge in [-0.1, -0.05) is 61.2 Å². The van der Waals surface area contributed by atoms with E-state index in [4.69, 9.17) is 4.74 Å². The lowest BCUT2D eigenvalue weighted by molar-refractivity contribution is -0.129. The van der Waals surface area contributed by atoms with Crippen molar-refractivity contribution in [1.82, 2.24) is 14.5 Å². The number of nitrogens with zero attached hydrogens (tertiary/aromatic N) is 3. The summed E-state index contributed by atoms with van der Waals surface area (Å²) >= 11 is 0. The third kappa shape index (κ3) is 5.58. The molecule has 35 heavy (non-hydrogen) atoms. The number of hydrogen-bond donors (Lipinski definition) is 1. The highest BCUT2D eigenvalue weighted by Gasteiger charge is 2.42. The van der Waals surface area contributed by atoms with Crippen molar-refractivity contribution in [3.8, 4) is 5.75 Å². The van der Waals surface area contributed by atoms with Crippen molar-refractivity contribution >= 4 is 17.8 Å². The molecule has 1 aliphatic heterocycles. The summed E-state index contributed by atoms with van der Waals surface area (Å²) in [6.07, 6.45) is 10.6. The van der Waals surface area contributed by atoms with Gasteiger partial charge in [-0.25, -0.2) is 4.98 Å². The Morgan fingerprint density at radius 2 is 1.89 bits per heavy atom. The van der Waals surface area contributed by atoms with Gasteiger partial charge in [0.25, 0.3) is 5.91 Å². The molecule has 1 aromatic heterocycles. The number of hydrogen-bond acceptors (Lipinski definition) is 5. The molecule has 2 aromatic carbocycles. The van der Waals surface area contributed by atoms with Crippen LogP contribution >= 0.6 is 0 Å². The van der Waals surface area contributed by atoms with Crippen molar-refractivity contribution in [3.63, 3.8) is 0 Å². The summed E-state index contributed by atoms with van der Waals surface area (Å²) in [7, 11) is 0. The van der Waals surface area contributed by atoms with Gasteiger partial charge < -0.3 is 19.3 Å². The van der Waals surface area contributed by atoms with Crippen molar-refractivity contribution < 1.29 is 19.4 Å². The zero-order chi connectivity index (χ0) is 24.6. The van der Waals surface area contributed by atoms with Crippen LogP contribution in [0.4, 0.5) is 0 Å². The van der Waals surface area contributed by atoms with Crippen molar-refractivity contribution in [1.29, 1.82) is 0 Å². The van der Waals surface area contributed by atoms with E-state index in [1.807, 2.05) is 53.2 Å². The van der Waals surface area contributed by atoms with E-state index in [9.17, 15) is 14.7 Å². The molecule has 7 nitrogen and oxygen atoms in total. The molecule has 2 heterocycles. The first-order chi connectivity index (χ1) is 17.1. The van der Waals surface area contributed by atoms with Gasteiger partial charge in [0.15, 0.2) is 11.5 Å². The number of aryl methyl sites for hydroxylation is 1. The van der Waals surface area contributed by atoms with E-state index in [1.165, 1.54) is 6.08 Å². The van der Waals surface area contributed by atoms with Crippen molar-refractivity contribution in [2.45, 2.75) is 19.0 Å². The first-order valence-electron chi connectivity index (χ1n) is 11.4. The molecule has 1 N–H and O–H groups in total. The zero-order valence-electron chi connectivity index (χ0n) is 19.3. The molecule has 0 aliphatic carbocycles. The summed E-state index contributed by atoms with van der Waals surface area (Å²) in [6.45, 7) is 5.03. The quantitative estimate of drug-likeness (QED) is 0.330. The zero-order valence-corrected chi connectivity index (χ0v) is 19.3. The van der Waals surface area contributed by atoms with E-state index in [2.05, 4.69) is 11.6 Å². The Morgan fingerprint density at radius 3 is 2.57 bits per heavy atom. The normalized spacial score (nSPS) is 15.7. The maximum atomic E-state index is 13.2. The smallest absolute Gasteiger partial charge is 0.290 e. The number of allylic oxidation sites excluding steroid dienone is 1. The summed E-state index contributed by atoms with van der Waals surface area (Å²) in [4.78, 5) is 31.9. The Bertz CT molecular complexity index is 1230. The number of carbonyl (C=O) groups excluding carboxylic acids is 2. The SMILES string of the molecule is C=CCOc1ccc(C2C(C(=O)/C=C/c3ccccc3)=C(O)C(=O)N2CCCn2ccnc2)cc1. The highest BCUT2D eigenvalue weighted by atomic mass is 16.5. The van der Waals surface area contributed by atoms with Crippen LogP contribution in [0.15, 0.2) is 103 Å². The van der Waals surface area contributed by atoms with Crippen molar-refractivity contribution in [2.24, 2.45) is 0 Å². The number of carbonyl (C=O) groups is 2. The fourth-order valence-electron chi connectivity index (χ4n) is 4.05. The minimum atomic E-state index is -0.702. The molecule has 0 radical (unpaired) electrons. The van der Waals surface area contributed by atoms with Gasteiger partial charge in [0, 0.05) is 25.5 Å². The van der Waals surface area contributed by atoms with Gasteiger partial charge in [-0.3, -0.25) is 9.59 Å². The number of amides is 1. The largest absolute Gasteiger partial charge is 0.503 e. The average molecular weight is 470 g/mol. The lowest BCUT2D eigenvalue weighted by Gasteiger charge is -2.27. The minimum absolute atomic E-state index is 0.0737. The number of aromatic nitrogens is 2. The molecule has 0 saturated carbocycles. The van der Waals surface area contributed by atoms with Crippen LogP contribution in [0, 0.1) is 0 Å². The third-order valence-electron chi connectivity index (χ3n) is 5.73. The van der Waals surface area contributed by atoms with E-state index in [1.54, 1.807) is 41.7 Å². The summed E-state index contributed by atoms with van der Waals surface area (Å²) in [5, 5.41) is 10.8. The molecular weight excluding hydrogens is 442 g/mol.